The molecule has 1 saturated heterocycles. The topological polar surface area (TPSA) is 177 Å². The monoisotopic (exact) mass is 575 g/mol. The predicted octanol–water partition coefficient (Wildman–Crippen LogP) is 2.60. The molecule has 3 aromatic rings. The number of rotatable bonds is 6. The minimum atomic E-state index is -4.02. The van der Waals surface area contributed by atoms with Gasteiger partial charge in [-0.2, -0.15) is 8.42 Å². The third kappa shape index (κ3) is 5.83. The van der Waals surface area contributed by atoms with Crippen LogP contribution in [0.25, 0.3) is 11.0 Å². The zero-order chi connectivity index (χ0) is 29.4. The number of hydrogen-bond acceptors (Lipinski definition) is 9. The van der Waals surface area contributed by atoms with Gasteiger partial charge in [0, 0.05) is 30.7 Å². The SMILES string of the molecule is CO/N=C1/CN(c2nc3c(cc2F)c(=O)c(C(=O)O)cn3C2CC2)C[C@@]1(C)CN.Cc1ccc(S(=O)(=O)O)cc1. The molecule has 0 spiro atoms. The second-order valence-electron chi connectivity index (χ2n) is 10.1. The van der Waals surface area contributed by atoms with E-state index in [1.807, 2.05) is 13.8 Å². The summed E-state index contributed by atoms with van der Waals surface area (Å²) in [5.74, 6) is -1.96. The van der Waals surface area contributed by atoms with Crippen LogP contribution in [0.4, 0.5) is 10.2 Å². The van der Waals surface area contributed by atoms with Crippen LogP contribution >= 0.6 is 0 Å². The molecule has 1 aromatic carbocycles. The average Bonchev–Trinajstić information content (AvgIpc) is 3.68. The van der Waals surface area contributed by atoms with Gasteiger partial charge < -0.3 is 25.1 Å². The summed E-state index contributed by atoms with van der Waals surface area (Å²) >= 11 is 0. The minimum absolute atomic E-state index is 0.0374. The lowest BCUT2D eigenvalue weighted by atomic mass is 9.88. The van der Waals surface area contributed by atoms with E-state index in [-0.39, 0.29) is 39.9 Å². The van der Waals surface area contributed by atoms with Gasteiger partial charge in [0.15, 0.2) is 11.6 Å². The van der Waals surface area contributed by atoms with Crippen molar-refractivity contribution in [3.8, 4) is 0 Å². The first-order chi connectivity index (χ1) is 18.8. The van der Waals surface area contributed by atoms with E-state index in [9.17, 15) is 27.5 Å². The highest BCUT2D eigenvalue weighted by molar-refractivity contribution is 7.85. The van der Waals surface area contributed by atoms with E-state index in [4.69, 9.17) is 15.1 Å². The maximum absolute atomic E-state index is 15.0. The molecule has 5 rings (SSSR count). The van der Waals surface area contributed by atoms with Crippen molar-refractivity contribution in [2.45, 2.75) is 37.6 Å². The number of aromatic carboxylic acids is 1. The van der Waals surface area contributed by atoms with Gasteiger partial charge in [-0.15, -0.1) is 0 Å². The van der Waals surface area contributed by atoms with Gasteiger partial charge in [-0.3, -0.25) is 9.35 Å². The van der Waals surface area contributed by atoms with Gasteiger partial charge in [-0.25, -0.2) is 14.2 Å². The molecule has 1 aliphatic heterocycles. The summed E-state index contributed by atoms with van der Waals surface area (Å²) in [6, 6.07) is 7.12. The molecule has 14 heteroatoms. The van der Waals surface area contributed by atoms with E-state index >= 15 is 0 Å². The third-order valence-corrected chi connectivity index (χ3v) is 7.83. The van der Waals surface area contributed by atoms with Crippen LogP contribution in [-0.4, -0.2) is 66.1 Å². The Bertz CT molecular complexity index is 1650. The van der Waals surface area contributed by atoms with Gasteiger partial charge in [-0.05, 0) is 38.0 Å². The van der Waals surface area contributed by atoms with E-state index in [0.29, 0.717) is 18.8 Å². The van der Waals surface area contributed by atoms with Crippen molar-refractivity contribution in [1.29, 1.82) is 0 Å². The molecule has 2 aromatic heterocycles. The lowest BCUT2D eigenvalue weighted by Gasteiger charge is -2.23. The van der Waals surface area contributed by atoms with E-state index in [2.05, 4.69) is 10.1 Å². The van der Waals surface area contributed by atoms with Gasteiger partial charge in [-0.1, -0.05) is 29.8 Å². The zero-order valence-corrected chi connectivity index (χ0v) is 23.0. The van der Waals surface area contributed by atoms with Crippen molar-refractivity contribution in [1.82, 2.24) is 9.55 Å². The maximum atomic E-state index is 15.0. The van der Waals surface area contributed by atoms with E-state index < -0.39 is 32.7 Å². The Morgan fingerprint density at radius 1 is 1.30 bits per heavy atom. The summed E-state index contributed by atoms with van der Waals surface area (Å²) in [5.41, 5.74) is 6.22. The number of hydrogen-bond donors (Lipinski definition) is 3. The molecule has 0 unspecified atom stereocenters. The molecule has 12 nitrogen and oxygen atoms in total. The minimum Gasteiger partial charge on any atom is -0.477 e. The highest BCUT2D eigenvalue weighted by Gasteiger charge is 2.41. The molecular formula is C26H30FN5O7S. The molecule has 0 radical (unpaired) electrons. The molecule has 1 saturated carbocycles. The number of aromatic nitrogens is 2. The average molecular weight is 576 g/mol. The number of nitrogens with zero attached hydrogens (tertiary/aromatic N) is 4. The maximum Gasteiger partial charge on any atom is 0.341 e. The second-order valence-corrected chi connectivity index (χ2v) is 11.5. The number of carboxylic acids is 1. The number of carbonyl (C=O) groups is 1. The first-order valence-corrected chi connectivity index (χ1v) is 13.8. The third-order valence-electron chi connectivity index (χ3n) is 6.96. The number of benzene rings is 1. The van der Waals surface area contributed by atoms with Crippen LogP contribution in [0.3, 0.4) is 0 Å². The molecule has 214 valence electrons. The summed E-state index contributed by atoms with van der Waals surface area (Å²) in [7, 11) is -2.58. The van der Waals surface area contributed by atoms with Gasteiger partial charge >= 0.3 is 5.97 Å². The van der Waals surface area contributed by atoms with Crippen molar-refractivity contribution in [2.24, 2.45) is 16.3 Å². The van der Waals surface area contributed by atoms with Gasteiger partial charge in [0.05, 0.1) is 22.5 Å². The lowest BCUT2D eigenvalue weighted by molar-refractivity contribution is 0.0694. The molecule has 1 atom stereocenters. The van der Waals surface area contributed by atoms with Crippen LogP contribution in [0.5, 0.6) is 0 Å². The van der Waals surface area contributed by atoms with E-state index in [1.54, 1.807) is 21.6 Å². The summed E-state index contributed by atoms with van der Waals surface area (Å²) in [5, 5.41) is 13.3. The normalized spacial score (nSPS) is 19.9. The van der Waals surface area contributed by atoms with E-state index in [0.717, 1.165) is 24.5 Å². The Balaban J connectivity index is 0.000000283. The smallest absolute Gasteiger partial charge is 0.341 e. The van der Waals surface area contributed by atoms with Crippen LogP contribution in [0.15, 0.2) is 51.4 Å². The summed E-state index contributed by atoms with van der Waals surface area (Å²) in [4.78, 5) is 35.0. The van der Waals surface area contributed by atoms with Crippen molar-refractivity contribution < 1.29 is 32.1 Å². The fourth-order valence-corrected chi connectivity index (χ4v) is 4.95. The standard InChI is InChI=1S/C19H22FN5O4.C7H8O3S/c1-19(8-21)9-24(7-14(19)23-29-2)17-13(20)5-11-15(26)12(18(27)28)6-25(10-3-4-10)16(11)22-17;1-6-2-4-7(5-3-6)11(8,9)10/h5-6,10H,3-4,7-9,21H2,1-2H3,(H,27,28);2-5H,1H3,(H,8,9,10)/b23-14-;/t19-;/m1./s1. The summed E-state index contributed by atoms with van der Waals surface area (Å²) < 4.78 is 46.2. The Labute approximate surface area is 229 Å². The largest absolute Gasteiger partial charge is 0.477 e. The Morgan fingerprint density at radius 3 is 2.48 bits per heavy atom. The molecule has 1 aliphatic carbocycles. The summed E-state index contributed by atoms with van der Waals surface area (Å²) in [6.45, 7) is 4.74. The molecule has 40 heavy (non-hydrogen) atoms. The number of nitrogens with two attached hydrogens (primary N) is 1. The van der Waals surface area contributed by atoms with Crippen LogP contribution in [0, 0.1) is 18.2 Å². The second kappa shape index (κ2) is 10.9. The molecule has 2 aliphatic rings. The van der Waals surface area contributed by atoms with Crippen molar-refractivity contribution in [3.05, 3.63) is 63.7 Å². The molecule has 4 N–H and O–H groups in total. The first kappa shape index (κ1) is 29.1. The highest BCUT2D eigenvalue weighted by atomic mass is 32.2. The van der Waals surface area contributed by atoms with Crippen molar-refractivity contribution >= 4 is 38.7 Å². The molecule has 3 heterocycles. The molecule has 2 fully saturated rings. The fourth-order valence-electron chi connectivity index (χ4n) is 4.47. The molecular weight excluding hydrogens is 545 g/mol. The van der Waals surface area contributed by atoms with Crippen LogP contribution < -0.4 is 16.1 Å². The molecule has 0 amide bonds. The van der Waals surface area contributed by atoms with Gasteiger partial charge in [0.1, 0.15) is 18.3 Å². The zero-order valence-electron chi connectivity index (χ0n) is 22.2. The van der Waals surface area contributed by atoms with Gasteiger partial charge in [0.25, 0.3) is 10.1 Å². The number of halogens is 1. The highest BCUT2D eigenvalue weighted by Crippen LogP contribution is 2.38. The first-order valence-electron chi connectivity index (χ1n) is 12.4. The van der Waals surface area contributed by atoms with Crippen LogP contribution in [-0.2, 0) is 15.0 Å². The summed E-state index contributed by atoms with van der Waals surface area (Å²) in [6.07, 6.45) is 3.02. The van der Waals surface area contributed by atoms with Crippen molar-refractivity contribution in [2.75, 3.05) is 31.6 Å². The Kier molecular flexibility index (Phi) is 7.97. The fraction of sp³-hybridized carbons (Fsp3) is 0.385. The number of pyridine rings is 2. The quantitative estimate of drug-likeness (QED) is 0.292. The molecule has 0 bridgehead atoms. The van der Waals surface area contributed by atoms with Crippen molar-refractivity contribution in [3.63, 3.8) is 0 Å². The number of oxime groups is 1. The van der Waals surface area contributed by atoms with Gasteiger partial charge in [0.2, 0.25) is 5.43 Å². The number of anilines is 1. The van der Waals surface area contributed by atoms with Crippen LogP contribution in [0.2, 0.25) is 0 Å². The Morgan fingerprint density at radius 2 is 1.95 bits per heavy atom. The number of carboxylic acid groups (broad SMARTS) is 1. The van der Waals surface area contributed by atoms with Crippen LogP contribution in [0.1, 0.15) is 41.7 Å². The Hall–Kier alpha value is -3.88. The predicted molar refractivity (Wildman–Crippen MR) is 146 cm³/mol. The number of aryl methyl sites for hydroxylation is 1. The number of fused-ring (bicyclic) bond motifs is 1. The van der Waals surface area contributed by atoms with E-state index in [1.165, 1.54) is 25.4 Å². The lowest BCUT2D eigenvalue weighted by Crippen LogP contribution is -2.36.